The number of likely N-dealkylation sites (tertiary alicyclic amines) is 1. The summed E-state index contributed by atoms with van der Waals surface area (Å²) in [7, 11) is 0. The van der Waals surface area contributed by atoms with Crippen LogP contribution in [-0.4, -0.2) is 52.4 Å². The van der Waals surface area contributed by atoms with Crippen LogP contribution in [0.5, 0.6) is 0 Å². The Kier molecular flexibility index (Phi) is 5.11. The number of aliphatic hydroxyl groups is 2. The molecule has 5 heteroatoms. The maximum atomic E-state index is 11.1. The maximum Gasteiger partial charge on any atom is 0.216 e. The summed E-state index contributed by atoms with van der Waals surface area (Å²) in [6.45, 7) is 2.54. The number of amides is 1. The summed E-state index contributed by atoms with van der Waals surface area (Å²) in [4.78, 5) is 13.1. The van der Waals surface area contributed by atoms with E-state index in [2.05, 4.69) is 10.2 Å². The number of carbonyl (C=O) groups is 1. The highest BCUT2D eigenvalue weighted by atomic mass is 16.3. The van der Waals surface area contributed by atoms with Crippen molar-refractivity contribution in [1.82, 2.24) is 10.2 Å². The Labute approximate surface area is 119 Å². The van der Waals surface area contributed by atoms with E-state index >= 15 is 0 Å². The molecule has 0 spiro atoms. The third-order valence-electron chi connectivity index (χ3n) is 3.83. The van der Waals surface area contributed by atoms with Crippen LogP contribution < -0.4 is 5.32 Å². The van der Waals surface area contributed by atoms with Crippen molar-refractivity contribution in [1.29, 1.82) is 0 Å². The predicted octanol–water partition coefficient (Wildman–Crippen LogP) is 0.119. The molecule has 0 unspecified atom stereocenters. The Morgan fingerprint density at radius 3 is 2.70 bits per heavy atom. The van der Waals surface area contributed by atoms with Gasteiger partial charge in [-0.2, -0.15) is 0 Å². The van der Waals surface area contributed by atoms with Crippen LogP contribution in [0.1, 0.15) is 18.9 Å². The fourth-order valence-corrected chi connectivity index (χ4v) is 2.78. The van der Waals surface area contributed by atoms with Crippen LogP contribution in [0.2, 0.25) is 0 Å². The molecule has 0 radical (unpaired) electrons. The van der Waals surface area contributed by atoms with Crippen molar-refractivity contribution < 1.29 is 15.0 Å². The normalized spacial score (nSPS) is 26.6. The summed E-state index contributed by atoms with van der Waals surface area (Å²) in [5.41, 5.74) is 1.13. The number of nitrogens with zero attached hydrogens (tertiary/aromatic N) is 1. The van der Waals surface area contributed by atoms with E-state index < -0.39 is 6.10 Å². The van der Waals surface area contributed by atoms with E-state index in [0.29, 0.717) is 19.5 Å². The molecule has 110 valence electrons. The summed E-state index contributed by atoms with van der Waals surface area (Å²) in [5.74, 6) is -0.107. The minimum absolute atomic E-state index is 0.0144. The number of nitrogens with one attached hydrogen (secondary N) is 1. The van der Waals surface area contributed by atoms with Gasteiger partial charge in [0.25, 0.3) is 0 Å². The minimum atomic E-state index is -0.525. The van der Waals surface area contributed by atoms with Gasteiger partial charge in [-0.25, -0.2) is 0 Å². The second-order valence-electron chi connectivity index (χ2n) is 5.30. The largest absolute Gasteiger partial charge is 0.395 e. The minimum Gasteiger partial charge on any atom is -0.395 e. The smallest absolute Gasteiger partial charge is 0.216 e. The molecule has 0 aliphatic carbocycles. The second kappa shape index (κ2) is 6.83. The van der Waals surface area contributed by atoms with Gasteiger partial charge >= 0.3 is 0 Å². The number of hydrogen-bond donors (Lipinski definition) is 3. The van der Waals surface area contributed by atoms with E-state index in [1.54, 1.807) is 0 Å². The summed E-state index contributed by atoms with van der Waals surface area (Å²) in [5, 5.41) is 22.4. The summed E-state index contributed by atoms with van der Waals surface area (Å²) in [6.07, 6.45) is 0.0100. The molecule has 1 aromatic rings. The first-order valence-electron chi connectivity index (χ1n) is 6.95. The van der Waals surface area contributed by atoms with E-state index in [1.807, 2.05) is 30.3 Å². The molecule has 1 aliphatic rings. The molecule has 1 aromatic carbocycles. The van der Waals surface area contributed by atoms with Gasteiger partial charge in [-0.1, -0.05) is 30.3 Å². The third-order valence-corrected chi connectivity index (χ3v) is 3.83. The van der Waals surface area contributed by atoms with Gasteiger partial charge in [0.15, 0.2) is 0 Å². The molecule has 1 heterocycles. The van der Waals surface area contributed by atoms with Crippen LogP contribution in [0.4, 0.5) is 0 Å². The number of hydrogen-bond acceptors (Lipinski definition) is 4. The maximum absolute atomic E-state index is 11.1. The zero-order chi connectivity index (χ0) is 14.5. The highest BCUT2D eigenvalue weighted by Crippen LogP contribution is 2.26. The Bertz CT molecular complexity index is 438. The molecular formula is C15H22N2O3. The van der Waals surface area contributed by atoms with Crippen molar-refractivity contribution in [3.8, 4) is 0 Å². The lowest BCUT2D eigenvalue weighted by atomic mass is 10.1. The van der Waals surface area contributed by atoms with Crippen LogP contribution in [0.25, 0.3) is 0 Å². The van der Waals surface area contributed by atoms with Gasteiger partial charge in [-0.15, -0.1) is 0 Å². The van der Waals surface area contributed by atoms with Crippen molar-refractivity contribution in [2.45, 2.75) is 38.1 Å². The first-order chi connectivity index (χ1) is 9.61. The average Bonchev–Trinajstić information content (AvgIpc) is 2.73. The van der Waals surface area contributed by atoms with Crippen molar-refractivity contribution in [2.24, 2.45) is 0 Å². The van der Waals surface area contributed by atoms with E-state index in [-0.39, 0.29) is 24.6 Å². The molecule has 3 N–H and O–H groups in total. The van der Waals surface area contributed by atoms with Gasteiger partial charge in [-0.3, -0.25) is 9.69 Å². The van der Waals surface area contributed by atoms with Crippen molar-refractivity contribution in [3.05, 3.63) is 35.9 Å². The molecule has 1 saturated heterocycles. The van der Waals surface area contributed by atoms with Gasteiger partial charge in [-0.05, 0) is 12.0 Å². The molecular weight excluding hydrogens is 256 g/mol. The van der Waals surface area contributed by atoms with E-state index in [4.69, 9.17) is 0 Å². The monoisotopic (exact) mass is 278 g/mol. The molecule has 20 heavy (non-hydrogen) atoms. The average molecular weight is 278 g/mol. The van der Waals surface area contributed by atoms with Gasteiger partial charge in [0.1, 0.15) is 0 Å². The molecule has 0 aromatic heterocycles. The van der Waals surface area contributed by atoms with E-state index in [9.17, 15) is 15.0 Å². The number of benzene rings is 1. The molecule has 5 nitrogen and oxygen atoms in total. The quantitative estimate of drug-likeness (QED) is 0.715. The van der Waals surface area contributed by atoms with Crippen molar-refractivity contribution >= 4 is 5.91 Å². The molecule has 1 amide bonds. The van der Waals surface area contributed by atoms with E-state index in [1.165, 1.54) is 6.92 Å². The zero-order valence-electron chi connectivity index (χ0n) is 11.7. The fraction of sp³-hybridized carbons (Fsp3) is 0.533. The zero-order valence-corrected chi connectivity index (χ0v) is 11.7. The fourth-order valence-electron chi connectivity index (χ4n) is 2.78. The SMILES string of the molecule is CC(=O)NC[C@@H]1[C@@H](O)C[C@@H](CO)N1Cc1ccccc1. The van der Waals surface area contributed by atoms with Crippen molar-refractivity contribution in [2.75, 3.05) is 13.2 Å². The Balaban J connectivity index is 2.09. The lowest BCUT2D eigenvalue weighted by Crippen LogP contribution is -2.46. The lowest BCUT2D eigenvalue weighted by Gasteiger charge is -2.30. The first kappa shape index (κ1) is 15.0. The standard InChI is InChI=1S/C15H22N2O3/c1-11(19)16-8-14-15(20)7-13(10-18)17(14)9-12-5-3-2-4-6-12/h2-6,13-15,18,20H,7-10H2,1H3,(H,16,19)/t13-,14+,15-/m0/s1. The predicted molar refractivity (Wildman–Crippen MR) is 76.0 cm³/mol. The Morgan fingerprint density at radius 1 is 1.40 bits per heavy atom. The Hall–Kier alpha value is -1.43. The molecule has 0 saturated carbocycles. The van der Waals surface area contributed by atoms with Gasteiger partial charge in [0.2, 0.25) is 5.91 Å². The first-order valence-corrected chi connectivity index (χ1v) is 6.95. The lowest BCUT2D eigenvalue weighted by molar-refractivity contribution is -0.119. The molecule has 0 bridgehead atoms. The molecule has 2 rings (SSSR count). The highest BCUT2D eigenvalue weighted by Gasteiger charge is 2.39. The van der Waals surface area contributed by atoms with Gasteiger partial charge in [0.05, 0.1) is 18.8 Å². The second-order valence-corrected chi connectivity index (χ2v) is 5.30. The topological polar surface area (TPSA) is 72.8 Å². The van der Waals surface area contributed by atoms with Gasteiger partial charge < -0.3 is 15.5 Å². The van der Waals surface area contributed by atoms with Crippen molar-refractivity contribution in [3.63, 3.8) is 0 Å². The Morgan fingerprint density at radius 2 is 2.10 bits per heavy atom. The molecule has 1 aliphatic heterocycles. The van der Waals surface area contributed by atoms with Crippen LogP contribution in [0.15, 0.2) is 30.3 Å². The number of rotatable bonds is 5. The number of aliphatic hydroxyl groups excluding tert-OH is 2. The van der Waals surface area contributed by atoms with Crippen LogP contribution in [-0.2, 0) is 11.3 Å². The number of carbonyl (C=O) groups excluding carboxylic acids is 1. The summed E-state index contributed by atoms with van der Waals surface area (Å²) in [6, 6.07) is 9.72. The van der Waals surface area contributed by atoms with Crippen LogP contribution >= 0.6 is 0 Å². The van der Waals surface area contributed by atoms with Crippen LogP contribution in [0.3, 0.4) is 0 Å². The van der Waals surface area contributed by atoms with Crippen LogP contribution in [0, 0.1) is 0 Å². The third kappa shape index (κ3) is 3.56. The van der Waals surface area contributed by atoms with Gasteiger partial charge in [0, 0.05) is 26.1 Å². The highest BCUT2D eigenvalue weighted by molar-refractivity contribution is 5.72. The molecule has 3 atom stereocenters. The van der Waals surface area contributed by atoms with E-state index in [0.717, 1.165) is 5.56 Å². The molecule has 1 fully saturated rings. The summed E-state index contributed by atoms with van der Waals surface area (Å²) >= 11 is 0. The summed E-state index contributed by atoms with van der Waals surface area (Å²) < 4.78 is 0.